The lowest BCUT2D eigenvalue weighted by atomic mass is 10.2. The highest BCUT2D eigenvalue weighted by Crippen LogP contribution is 2.21. The summed E-state index contributed by atoms with van der Waals surface area (Å²) in [6.07, 6.45) is -10.2. The Labute approximate surface area is 185 Å². The summed E-state index contributed by atoms with van der Waals surface area (Å²) in [5, 5.41) is 40.9. The van der Waals surface area contributed by atoms with Crippen LogP contribution in [0.15, 0.2) is 0 Å². The van der Waals surface area contributed by atoms with Gasteiger partial charge >= 0.3 is 24.3 Å². The highest BCUT2D eigenvalue weighted by Gasteiger charge is 2.39. The molecule has 184 valence electrons. The molecule has 4 rings (SSSR count). The molecule has 4 fully saturated rings. The Hall–Kier alpha value is -2.24. The topological polar surface area (TPSA) is 170 Å². The van der Waals surface area contributed by atoms with Crippen molar-refractivity contribution >= 4 is 47.4 Å². The number of aliphatic carboxylic acids is 2. The van der Waals surface area contributed by atoms with E-state index in [0.29, 0.717) is 36.1 Å². The van der Waals surface area contributed by atoms with E-state index in [9.17, 15) is 26.3 Å². The molecule has 4 aliphatic heterocycles. The molecule has 0 aliphatic carbocycles. The number of alkyl halides is 6. The summed E-state index contributed by atoms with van der Waals surface area (Å²) in [7, 11) is 0. The molecule has 8 N–H and O–H groups in total. The number of nitrogens with one attached hydrogen (secondary N) is 6. The van der Waals surface area contributed by atoms with Gasteiger partial charge < -0.3 is 31.5 Å². The second-order valence-corrected chi connectivity index (χ2v) is 8.58. The first-order valence-corrected chi connectivity index (χ1v) is 10.9. The quantitative estimate of drug-likeness (QED) is 0.213. The molecule has 18 heteroatoms. The van der Waals surface area contributed by atoms with Gasteiger partial charge in [-0.2, -0.15) is 49.9 Å². The second-order valence-electron chi connectivity index (χ2n) is 6.43. The van der Waals surface area contributed by atoms with Crippen molar-refractivity contribution in [2.45, 2.75) is 36.5 Å². The molecule has 4 unspecified atom stereocenters. The van der Waals surface area contributed by atoms with E-state index in [4.69, 9.17) is 30.6 Å². The average Bonchev–Trinajstić information content (AvgIpc) is 3.36. The molecule has 0 spiro atoms. The van der Waals surface area contributed by atoms with E-state index in [1.165, 1.54) is 0 Å². The molecule has 10 nitrogen and oxygen atoms in total. The number of thioether (sulfide) groups is 2. The minimum Gasteiger partial charge on any atom is -0.475 e. The maximum absolute atomic E-state index is 10.6. The Kier molecular flexibility index (Phi) is 10.1. The van der Waals surface area contributed by atoms with Crippen molar-refractivity contribution in [1.82, 2.24) is 21.3 Å². The Morgan fingerprint density at radius 2 is 0.875 bits per heavy atom. The van der Waals surface area contributed by atoms with Crippen LogP contribution in [0.25, 0.3) is 0 Å². The van der Waals surface area contributed by atoms with Crippen molar-refractivity contribution in [1.29, 1.82) is 10.8 Å². The van der Waals surface area contributed by atoms with E-state index >= 15 is 0 Å². The van der Waals surface area contributed by atoms with Crippen LogP contribution in [0.3, 0.4) is 0 Å². The van der Waals surface area contributed by atoms with Gasteiger partial charge in [-0.25, -0.2) is 9.59 Å². The van der Waals surface area contributed by atoms with Crippen molar-refractivity contribution in [3.63, 3.8) is 0 Å². The normalized spacial score (nSPS) is 27.3. The number of carboxylic acids is 2. The molecule has 0 aromatic rings. The van der Waals surface area contributed by atoms with Gasteiger partial charge in [0.15, 0.2) is 11.9 Å². The predicted molar refractivity (Wildman–Crippen MR) is 105 cm³/mol. The van der Waals surface area contributed by atoms with E-state index in [1.807, 2.05) is 23.5 Å². The minimum absolute atomic E-state index is 0.505. The first kappa shape index (κ1) is 27.8. The molecule has 4 aliphatic rings. The van der Waals surface area contributed by atoms with Crippen molar-refractivity contribution in [3.8, 4) is 0 Å². The van der Waals surface area contributed by atoms with Crippen LogP contribution in [-0.2, 0) is 9.59 Å². The lowest BCUT2D eigenvalue weighted by molar-refractivity contribution is -0.193. The minimum atomic E-state index is -5.08. The third-order valence-electron chi connectivity index (χ3n) is 3.96. The van der Waals surface area contributed by atoms with E-state index in [-0.39, 0.29) is 0 Å². The molecule has 0 aromatic heterocycles. The van der Waals surface area contributed by atoms with Crippen LogP contribution in [0, 0.1) is 10.8 Å². The maximum atomic E-state index is 10.6. The molecule has 32 heavy (non-hydrogen) atoms. The summed E-state index contributed by atoms with van der Waals surface area (Å²) in [5.74, 6) is 0.107. The van der Waals surface area contributed by atoms with Gasteiger partial charge in [-0.1, -0.05) is 0 Å². The highest BCUT2D eigenvalue weighted by atomic mass is 32.2. The van der Waals surface area contributed by atoms with Gasteiger partial charge in [-0.05, 0) is 0 Å². The van der Waals surface area contributed by atoms with Crippen molar-refractivity contribution in [2.75, 3.05) is 23.0 Å². The first-order chi connectivity index (χ1) is 14.6. The van der Waals surface area contributed by atoms with E-state index in [1.54, 1.807) is 0 Å². The summed E-state index contributed by atoms with van der Waals surface area (Å²) in [6, 6.07) is 2.12. The lowest BCUT2D eigenvalue weighted by Crippen LogP contribution is -2.31. The molecular weight excluding hydrogens is 494 g/mol. The molecule has 4 saturated heterocycles. The van der Waals surface area contributed by atoms with Gasteiger partial charge in [-0.15, -0.1) is 0 Å². The fourth-order valence-electron chi connectivity index (χ4n) is 2.50. The van der Waals surface area contributed by atoms with Gasteiger partial charge in [0.05, 0.1) is 24.2 Å². The summed E-state index contributed by atoms with van der Waals surface area (Å²) >= 11 is 3.89. The number of carboxylic acid groups (broad SMARTS) is 2. The van der Waals surface area contributed by atoms with Crippen molar-refractivity contribution < 1.29 is 46.1 Å². The third kappa shape index (κ3) is 9.49. The fourth-order valence-corrected chi connectivity index (χ4v) is 5.05. The number of hydrogen-bond acceptors (Lipinski definition) is 6. The molecule has 0 bridgehead atoms. The molecule has 0 aromatic carbocycles. The Morgan fingerprint density at radius 3 is 1.03 bits per heavy atom. The zero-order chi connectivity index (χ0) is 24.7. The van der Waals surface area contributed by atoms with Crippen LogP contribution in [-0.4, -0.2) is 93.6 Å². The standard InChI is InChI=1S/2C5H9N3S.2C2HF3O2/c2*6-5-7-3-1-9-2-4(3)8-5;2*3-2(4,5)1(6)7/h2*3-4H,1-2H2,(H3,6,7,8);2*(H,6,7). The number of hydrogen-bond donors (Lipinski definition) is 8. The Balaban J connectivity index is 0.000000216. The second kappa shape index (κ2) is 11.6. The van der Waals surface area contributed by atoms with Crippen LogP contribution in [0.1, 0.15) is 0 Å². The third-order valence-corrected chi connectivity index (χ3v) is 6.34. The molecule has 0 saturated carbocycles. The lowest BCUT2D eigenvalue weighted by Gasteiger charge is -2.03. The SMILES string of the molecule is N=C1NC2CSCC2N1.N=C1NC2CSCC2N1.O=C(O)C(F)(F)F.O=C(O)C(F)(F)F. The molecule has 0 amide bonds. The number of halogens is 6. The maximum Gasteiger partial charge on any atom is 0.490 e. The van der Waals surface area contributed by atoms with Crippen LogP contribution >= 0.6 is 23.5 Å². The van der Waals surface area contributed by atoms with Crippen LogP contribution in [0.2, 0.25) is 0 Å². The highest BCUT2D eigenvalue weighted by molar-refractivity contribution is 7.99. The number of rotatable bonds is 0. The Bertz CT molecular complexity index is 624. The van der Waals surface area contributed by atoms with Crippen LogP contribution in [0.4, 0.5) is 26.3 Å². The molecule has 4 atom stereocenters. The zero-order valence-corrected chi connectivity index (χ0v) is 17.6. The van der Waals surface area contributed by atoms with Gasteiger partial charge in [0.25, 0.3) is 0 Å². The summed E-state index contributed by atoms with van der Waals surface area (Å²) in [5.41, 5.74) is 0. The van der Waals surface area contributed by atoms with E-state index < -0.39 is 24.3 Å². The monoisotopic (exact) mass is 514 g/mol. The van der Waals surface area contributed by atoms with Crippen LogP contribution < -0.4 is 21.3 Å². The van der Waals surface area contributed by atoms with Crippen LogP contribution in [0.5, 0.6) is 0 Å². The molecule has 0 radical (unpaired) electrons. The summed E-state index contributed by atoms with van der Waals surface area (Å²) < 4.78 is 63.5. The van der Waals surface area contributed by atoms with Gasteiger partial charge in [0.1, 0.15) is 0 Å². The predicted octanol–water partition coefficient (Wildman–Crippen LogP) is 0.463. The van der Waals surface area contributed by atoms with Gasteiger partial charge in [0, 0.05) is 23.0 Å². The first-order valence-electron chi connectivity index (χ1n) is 8.60. The van der Waals surface area contributed by atoms with E-state index in [2.05, 4.69) is 21.3 Å². The van der Waals surface area contributed by atoms with Crippen molar-refractivity contribution in [2.24, 2.45) is 0 Å². The largest absolute Gasteiger partial charge is 0.490 e. The molecule has 4 heterocycles. The number of guanidine groups is 2. The zero-order valence-electron chi connectivity index (χ0n) is 15.9. The molecular formula is C14H20F6N6O4S2. The number of fused-ring (bicyclic) bond motifs is 2. The summed E-state index contributed by atoms with van der Waals surface area (Å²) in [4.78, 5) is 17.8. The average molecular weight is 514 g/mol. The summed E-state index contributed by atoms with van der Waals surface area (Å²) in [6.45, 7) is 0. The smallest absolute Gasteiger partial charge is 0.475 e. The fraction of sp³-hybridized carbons (Fsp3) is 0.714. The Morgan fingerprint density at radius 1 is 0.688 bits per heavy atom. The van der Waals surface area contributed by atoms with Gasteiger partial charge in [-0.3, -0.25) is 10.8 Å². The number of carbonyl (C=O) groups is 2. The van der Waals surface area contributed by atoms with Crippen molar-refractivity contribution in [3.05, 3.63) is 0 Å². The van der Waals surface area contributed by atoms with E-state index in [0.717, 1.165) is 23.0 Å². The van der Waals surface area contributed by atoms with Gasteiger partial charge in [0.2, 0.25) is 0 Å².